The highest BCUT2D eigenvalue weighted by atomic mass is 16.5. The van der Waals surface area contributed by atoms with Gasteiger partial charge in [0, 0.05) is 24.1 Å². The van der Waals surface area contributed by atoms with Crippen molar-refractivity contribution < 1.29 is 9.47 Å². The van der Waals surface area contributed by atoms with Crippen molar-refractivity contribution in [3.8, 4) is 23.4 Å². The summed E-state index contributed by atoms with van der Waals surface area (Å²) in [6.45, 7) is 3.80. The fourth-order valence-corrected chi connectivity index (χ4v) is 3.69. The summed E-state index contributed by atoms with van der Waals surface area (Å²) in [5, 5.41) is 9.23. The number of likely N-dealkylation sites (tertiary alicyclic amines) is 1. The SMILES string of the molecule is N#Cc1c(N)nc2c(c1N)Cc1cccc(OCCN3CCCCC3)c1O2. The van der Waals surface area contributed by atoms with Crippen LogP contribution in [-0.4, -0.2) is 36.1 Å². The number of piperidine rings is 1. The number of aromatic nitrogens is 1. The number of rotatable bonds is 4. The van der Waals surface area contributed by atoms with E-state index in [0.29, 0.717) is 41.7 Å². The lowest BCUT2D eigenvalue weighted by molar-refractivity contribution is 0.181. The molecule has 0 aliphatic carbocycles. The van der Waals surface area contributed by atoms with E-state index in [4.69, 9.17) is 20.9 Å². The van der Waals surface area contributed by atoms with Crippen LogP contribution in [0.1, 0.15) is 36.0 Å². The van der Waals surface area contributed by atoms with E-state index in [2.05, 4.69) is 9.88 Å². The molecule has 0 radical (unpaired) electrons. The van der Waals surface area contributed by atoms with E-state index in [1.54, 1.807) is 0 Å². The zero-order valence-corrected chi connectivity index (χ0v) is 15.2. The van der Waals surface area contributed by atoms with Gasteiger partial charge in [-0.25, -0.2) is 0 Å². The third kappa shape index (κ3) is 3.36. The summed E-state index contributed by atoms with van der Waals surface area (Å²) in [5.74, 6) is 1.78. The Morgan fingerprint density at radius 3 is 2.81 bits per heavy atom. The Labute approximate surface area is 158 Å². The van der Waals surface area contributed by atoms with Crippen LogP contribution < -0.4 is 20.9 Å². The maximum Gasteiger partial charge on any atom is 0.227 e. The van der Waals surface area contributed by atoms with Gasteiger partial charge in [-0.05, 0) is 32.0 Å². The Morgan fingerprint density at radius 1 is 1.22 bits per heavy atom. The molecule has 4 rings (SSSR count). The summed E-state index contributed by atoms with van der Waals surface area (Å²) < 4.78 is 12.0. The molecule has 0 atom stereocenters. The maximum atomic E-state index is 9.23. The zero-order valence-electron chi connectivity index (χ0n) is 15.2. The van der Waals surface area contributed by atoms with Gasteiger partial charge in [-0.15, -0.1) is 0 Å². The zero-order chi connectivity index (χ0) is 18.8. The minimum absolute atomic E-state index is 0.0840. The van der Waals surface area contributed by atoms with Crippen molar-refractivity contribution in [3.63, 3.8) is 0 Å². The molecule has 1 saturated heterocycles. The minimum atomic E-state index is 0.0840. The molecular weight excluding hydrogens is 342 g/mol. The molecule has 0 saturated carbocycles. The Balaban J connectivity index is 1.53. The number of nitrogens with zero attached hydrogens (tertiary/aromatic N) is 3. The average Bonchev–Trinajstić information content (AvgIpc) is 2.68. The Hall–Kier alpha value is -2.98. The first-order valence-corrected chi connectivity index (χ1v) is 9.30. The van der Waals surface area contributed by atoms with Crippen molar-refractivity contribution in [2.45, 2.75) is 25.7 Å². The highest BCUT2D eigenvalue weighted by Crippen LogP contribution is 2.44. The predicted molar refractivity (Wildman–Crippen MR) is 103 cm³/mol. The molecule has 0 bridgehead atoms. The molecule has 2 aliphatic heterocycles. The van der Waals surface area contributed by atoms with Gasteiger partial charge in [0.2, 0.25) is 5.88 Å². The summed E-state index contributed by atoms with van der Waals surface area (Å²) in [6.07, 6.45) is 4.38. The molecular formula is C20H23N5O2. The number of anilines is 2. The van der Waals surface area contributed by atoms with Crippen LogP contribution in [0, 0.1) is 11.3 Å². The van der Waals surface area contributed by atoms with Gasteiger partial charge in [-0.1, -0.05) is 18.6 Å². The molecule has 0 spiro atoms. The lowest BCUT2D eigenvalue weighted by Crippen LogP contribution is -2.33. The van der Waals surface area contributed by atoms with E-state index >= 15 is 0 Å². The molecule has 4 N–H and O–H groups in total. The Morgan fingerprint density at radius 2 is 2.04 bits per heavy atom. The van der Waals surface area contributed by atoms with Gasteiger partial charge in [-0.3, -0.25) is 4.90 Å². The average molecular weight is 365 g/mol. The molecule has 140 valence electrons. The summed E-state index contributed by atoms with van der Waals surface area (Å²) in [5.41, 5.74) is 14.2. The van der Waals surface area contributed by atoms with Crippen molar-refractivity contribution >= 4 is 11.5 Å². The third-order valence-electron chi connectivity index (χ3n) is 5.18. The van der Waals surface area contributed by atoms with Gasteiger partial charge in [0.15, 0.2) is 11.5 Å². The van der Waals surface area contributed by atoms with Crippen LogP contribution in [0.3, 0.4) is 0 Å². The van der Waals surface area contributed by atoms with Crippen LogP contribution >= 0.6 is 0 Å². The minimum Gasteiger partial charge on any atom is -0.488 e. The fraction of sp³-hybridized carbons (Fsp3) is 0.400. The van der Waals surface area contributed by atoms with Crippen LogP contribution in [0.4, 0.5) is 11.5 Å². The van der Waals surface area contributed by atoms with Crippen LogP contribution in [0.25, 0.3) is 0 Å². The van der Waals surface area contributed by atoms with E-state index in [0.717, 1.165) is 25.2 Å². The molecule has 0 unspecified atom stereocenters. The first-order chi connectivity index (χ1) is 13.2. The maximum absolute atomic E-state index is 9.23. The Bertz CT molecular complexity index is 900. The van der Waals surface area contributed by atoms with Gasteiger partial charge in [-0.2, -0.15) is 10.2 Å². The van der Waals surface area contributed by atoms with Gasteiger partial charge >= 0.3 is 0 Å². The third-order valence-corrected chi connectivity index (χ3v) is 5.18. The second-order valence-electron chi connectivity index (χ2n) is 6.96. The fourth-order valence-electron chi connectivity index (χ4n) is 3.69. The molecule has 27 heavy (non-hydrogen) atoms. The van der Waals surface area contributed by atoms with E-state index in [-0.39, 0.29) is 11.4 Å². The number of fused-ring (bicyclic) bond motifs is 2. The van der Waals surface area contributed by atoms with Gasteiger partial charge < -0.3 is 20.9 Å². The molecule has 0 amide bonds. The van der Waals surface area contributed by atoms with Gasteiger partial charge in [0.05, 0.1) is 5.69 Å². The first-order valence-electron chi connectivity index (χ1n) is 9.30. The van der Waals surface area contributed by atoms with Crippen molar-refractivity contribution in [1.82, 2.24) is 9.88 Å². The summed E-state index contributed by atoms with van der Waals surface area (Å²) >= 11 is 0. The van der Waals surface area contributed by atoms with E-state index in [1.807, 2.05) is 24.3 Å². The molecule has 1 aromatic carbocycles. The smallest absolute Gasteiger partial charge is 0.227 e. The van der Waals surface area contributed by atoms with Crippen molar-refractivity contribution in [1.29, 1.82) is 5.26 Å². The van der Waals surface area contributed by atoms with Gasteiger partial charge in [0.1, 0.15) is 24.1 Å². The van der Waals surface area contributed by atoms with E-state index in [9.17, 15) is 5.26 Å². The molecule has 1 aromatic heterocycles. The number of para-hydroxylation sites is 1. The number of nitrogens with two attached hydrogens (primary N) is 2. The number of pyridine rings is 1. The molecule has 2 aromatic rings. The number of hydrogen-bond acceptors (Lipinski definition) is 7. The standard InChI is InChI=1S/C20H23N5O2/c21-12-15-17(22)14-11-13-5-4-6-16(18(13)27-20(14)24-19(15)23)26-10-9-25-7-2-1-3-8-25/h4-6H,1-3,7-11H2,(H4,22,23,24). The molecule has 2 aliphatic rings. The predicted octanol–water partition coefficient (Wildman–Crippen LogP) is 2.68. The number of hydrogen-bond donors (Lipinski definition) is 2. The second kappa shape index (κ2) is 7.33. The number of benzene rings is 1. The van der Waals surface area contributed by atoms with Gasteiger partial charge in [0.25, 0.3) is 0 Å². The summed E-state index contributed by atoms with van der Waals surface area (Å²) in [7, 11) is 0. The number of ether oxygens (including phenoxy) is 2. The highest BCUT2D eigenvalue weighted by molar-refractivity contribution is 5.72. The normalized spacial score (nSPS) is 16.0. The molecule has 7 heteroatoms. The lowest BCUT2D eigenvalue weighted by Gasteiger charge is -2.27. The molecule has 1 fully saturated rings. The van der Waals surface area contributed by atoms with E-state index < -0.39 is 0 Å². The van der Waals surface area contributed by atoms with Crippen molar-refractivity contribution in [2.24, 2.45) is 0 Å². The number of nitriles is 1. The van der Waals surface area contributed by atoms with Crippen molar-refractivity contribution in [2.75, 3.05) is 37.7 Å². The number of nitrogen functional groups attached to an aromatic ring is 2. The van der Waals surface area contributed by atoms with Crippen molar-refractivity contribution in [3.05, 3.63) is 34.9 Å². The quantitative estimate of drug-likeness (QED) is 0.731. The molecule has 3 heterocycles. The Kier molecular flexibility index (Phi) is 4.73. The highest BCUT2D eigenvalue weighted by Gasteiger charge is 2.26. The van der Waals surface area contributed by atoms with E-state index in [1.165, 1.54) is 19.3 Å². The topological polar surface area (TPSA) is 110 Å². The first kappa shape index (κ1) is 17.4. The van der Waals surface area contributed by atoms with Crippen LogP contribution in [0.2, 0.25) is 0 Å². The monoisotopic (exact) mass is 365 g/mol. The van der Waals surface area contributed by atoms with Crippen LogP contribution in [0.5, 0.6) is 17.4 Å². The van der Waals surface area contributed by atoms with Crippen LogP contribution in [0.15, 0.2) is 18.2 Å². The molecule has 7 nitrogen and oxygen atoms in total. The summed E-state index contributed by atoms with van der Waals surface area (Å²) in [4.78, 5) is 6.66. The van der Waals surface area contributed by atoms with Crippen LogP contribution in [-0.2, 0) is 6.42 Å². The second-order valence-corrected chi connectivity index (χ2v) is 6.96. The summed E-state index contributed by atoms with van der Waals surface area (Å²) in [6, 6.07) is 7.82. The largest absolute Gasteiger partial charge is 0.488 e. The lowest BCUT2D eigenvalue weighted by atomic mass is 9.99.